The molecule has 1 fully saturated rings. The fourth-order valence-corrected chi connectivity index (χ4v) is 5.29. The summed E-state index contributed by atoms with van der Waals surface area (Å²) in [5.74, 6) is 1.62. The highest BCUT2D eigenvalue weighted by Crippen LogP contribution is 2.33. The Balaban J connectivity index is 1.39. The topological polar surface area (TPSA) is 0 Å². The van der Waals surface area contributed by atoms with Crippen molar-refractivity contribution in [2.75, 3.05) is 0 Å². The molecular formula is C32H37F. The summed E-state index contributed by atoms with van der Waals surface area (Å²) >= 11 is 0. The first kappa shape index (κ1) is 23.5. The van der Waals surface area contributed by atoms with Crippen molar-refractivity contribution in [1.29, 1.82) is 0 Å². The zero-order valence-electron chi connectivity index (χ0n) is 20.2. The molecule has 0 nitrogen and oxygen atoms in total. The van der Waals surface area contributed by atoms with Crippen molar-refractivity contribution >= 4 is 10.8 Å². The highest BCUT2D eigenvalue weighted by molar-refractivity contribution is 5.88. The number of fused-ring (bicyclic) bond motifs is 1. The van der Waals surface area contributed by atoms with Gasteiger partial charge in [-0.05, 0) is 111 Å². The predicted octanol–water partition coefficient (Wildman–Crippen LogP) is 9.47. The molecule has 0 radical (unpaired) electrons. The van der Waals surface area contributed by atoms with Crippen molar-refractivity contribution in [3.8, 4) is 11.1 Å². The van der Waals surface area contributed by atoms with Gasteiger partial charge in [-0.1, -0.05) is 72.8 Å². The Morgan fingerprint density at radius 3 is 2.30 bits per heavy atom. The fourth-order valence-electron chi connectivity index (χ4n) is 5.29. The average Bonchev–Trinajstić information content (AvgIpc) is 2.85. The maximum atomic E-state index is 15.0. The van der Waals surface area contributed by atoms with Crippen LogP contribution in [0.2, 0.25) is 0 Å². The molecular weight excluding hydrogens is 403 g/mol. The molecule has 0 unspecified atom stereocenters. The Hall–Kier alpha value is -2.67. The summed E-state index contributed by atoms with van der Waals surface area (Å²) in [6, 6.07) is 19.1. The monoisotopic (exact) mass is 440 g/mol. The lowest BCUT2D eigenvalue weighted by Gasteiger charge is -2.26. The molecule has 0 amide bonds. The zero-order chi connectivity index (χ0) is 23.0. The SMILES string of the molecule is C/C=C/CCc1ccc2cc(-c3ccc(CCC4CCC(/C=C/C)CC4)cc3)ccc2c1F. The highest BCUT2D eigenvalue weighted by atomic mass is 19.1. The third-order valence-electron chi connectivity index (χ3n) is 7.33. The third kappa shape index (κ3) is 6.02. The van der Waals surface area contributed by atoms with Crippen LogP contribution in [0, 0.1) is 17.7 Å². The Bertz CT molecular complexity index is 1100. The second-order valence-electron chi connectivity index (χ2n) is 9.62. The van der Waals surface area contributed by atoms with E-state index < -0.39 is 0 Å². The molecule has 0 saturated heterocycles. The van der Waals surface area contributed by atoms with Crippen molar-refractivity contribution in [1.82, 2.24) is 0 Å². The Morgan fingerprint density at radius 2 is 1.58 bits per heavy atom. The van der Waals surface area contributed by atoms with E-state index in [-0.39, 0.29) is 5.82 Å². The van der Waals surface area contributed by atoms with E-state index in [1.807, 2.05) is 25.1 Å². The van der Waals surface area contributed by atoms with Gasteiger partial charge in [-0.2, -0.15) is 0 Å². The first-order chi connectivity index (χ1) is 16.2. The Labute approximate surface area is 199 Å². The van der Waals surface area contributed by atoms with Gasteiger partial charge in [-0.25, -0.2) is 4.39 Å². The van der Waals surface area contributed by atoms with Gasteiger partial charge in [-0.15, -0.1) is 0 Å². The molecule has 1 saturated carbocycles. The largest absolute Gasteiger partial charge is 0.206 e. The van der Waals surface area contributed by atoms with Crippen LogP contribution in [-0.2, 0) is 12.8 Å². The molecule has 0 bridgehead atoms. The molecule has 0 aromatic heterocycles. The van der Waals surface area contributed by atoms with E-state index in [1.54, 1.807) is 0 Å². The van der Waals surface area contributed by atoms with Crippen molar-refractivity contribution in [2.24, 2.45) is 11.8 Å². The maximum Gasteiger partial charge on any atom is 0.134 e. The summed E-state index contributed by atoms with van der Waals surface area (Å²) in [4.78, 5) is 0. The number of halogens is 1. The number of rotatable bonds is 8. The molecule has 1 heteroatoms. The quantitative estimate of drug-likeness (QED) is 0.306. The van der Waals surface area contributed by atoms with Crippen LogP contribution in [0.1, 0.15) is 63.5 Å². The molecule has 0 N–H and O–H groups in total. The lowest BCUT2D eigenvalue weighted by atomic mass is 9.79. The molecule has 33 heavy (non-hydrogen) atoms. The van der Waals surface area contributed by atoms with Crippen molar-refractivity contribution < 1.29 is 4.39 Å². The number of benzene rings is 3. The summed E-state index contributed by atoms with van der Waals surface area (Å²) in [5.41, 5.74) is 4.57. The first-order valence-corrected chi connectivity index (χ1v) is 12.7. The first-order valence-electron chi connectivity index (χ1n) is 12.7. The molecule has 3 aromatic carbocycles. The van der Waals surface area contributed by atoms with E-state index in [0.29, 0.717) is 0 Å². The van der Waals surface area contributed by atoms with Gasteiger partial charge < -0.3 is 0 Å². The van der Waals surface area contributed by atoms with Crippen LogP contribution in [0.4, 0.5) is 4.39 Å². The Kier molecular flexibility index (Phi) is 8.15. The lowest BCUT2D eigenvalue weighted by Crippen LogP contribution is -2.13. The molecule has 172 valence electrons. The van der Waals surface area contributed by atoms with E-state index in [9.17, 15) is 4.39 Å². The van der Waals surface area contributed by atoms with Gasteiger partial charge in [0, 0.05) is 5.39 Å². The van der Waals surface area contributed by atoms with Crippen LogP contribution in [0.5, 0.6) is 0 Å². The van der Waals surface area contributed by atoms with E-state index in [2.05, 4.69) is 67.6 Å². The van der Waals surface area contributed by atoms with E-state index in [1.165, 1.54) is 43.2 Å². The normalized spacial score (nSPS) is 19.1. The van der Waals surface area contributed by atoms with Crippen LogP contribution < -0.4 is 0 Å². The van der Waals surface area contributed by atoms with Crippen LogP contribution in [0.15, 0.2) is 78.9 Å². The van der Waals surface area contributed by atoms with Gasteiger partial charge in [0.15, 0.2) is 0 Å². The highest BCUT2D eigenvalue weighted by Gasteiger charge is 2.19. The molecule has 0 atom stereocenters. The third-order valence-corrected chi connectivity index (χ3v) is 7.33. The smallest absolute Gasteiger partial charge is 0.134 e. The standard InChI is InChI=1S/C32H37F/c1-3-5-6-8-28-19-20-30-23-29(21-22-31(30)32(28)33)27-17-15-26(16-18-27)14-13-25-11-9-24(7-4-2)10-12-25/h3-5,7,15-25H,6,8-14H2,1-2H3/b5-3+,7-4+. The molecule has 4 rings (SSSR count). The number of hydrogen-bond acceptors (Lipinski definition) is 0. The minimum atomic E-state index is -0.0707. The van der Waals surface area contributed by atoms with Gasteiger partial charge in [0.25, 0.3) is 0 Å². The lowest BCUT2D eigenvalue weighted by molar-refractivity contribution is 0.296. The number of aryl methyl sites for hydroxylation is 2. The molecule has 1 aliphatic rings. The molecule has 0 heterocycles. The Morgan fingerprint density at radius 1 is 0.818 bits per heavy atom. The van der Waals surface area contributed by atoms with Crippen LogP contribution in [-0.4, -0.2) is 0 Å². The minimum absolute atomic E-state index is 0.0707. The maximum absolute atomic E-state index is 15.0. The molecule has 3 aromatic rings. The van der Waals surface area contributed by atoms with Gasteiger partial charge in [-0.3, -0.25) is 0 Å². The van der Waals surface area contributed by atoms with Crippen LogP contribution in [0.3, 0.4) is 0 Å². The minimum Gasteiger partial charge on any atom is -0.206 e. The van der Waals surface area contributed by atoms with E-state index in [0.717, 1.165) is 53.0 Å². The summed E-state index contributed by atoms with van der Waals surface area (Å²) in [5, 5.41) is 1.69. The predicted molar refractivity (Wildman–Crippen MR) is 141 cm³/mol. The van der Waals surface area contributed by atoms with Crippen molar-refractivity contribution in [2.45, 2.75) is 65.2 Å². The van der Waals surface area contributed by atoms with Gasteiger partial charge in [0.1, 0.15) is 5.82 Å². The summed E-state index contributed by atoms with van der Waals surface area (Å²) in [7, 11) is 0. The van der Waals surface area contributed by atoms with Gasteiger partial charge in [0.2, 0.25) is 0 Å². The second-order valence-corrected chi connectivity index (χ2v) is 9.62. The summed E-state index contributed by atoms with van der Waals surface area (Å²) < 4.78 is 15.0. The second kappa shape index (κ2) is 11.5. The van der Waals surface area contributed by atoms with Crippen molar-refractivity contribution in [3.63, 3.8) is 0 Å². The van der Waals surface area contributed by atoms with Gasteiger partial charge >= 0.3 is 0 Å². The molecule has 0 aliphatic heterocycles. The number of hydrogen-bond donors (Lipinski definition) is 0. The molecule has 0 spiro atoms. The average molecular weight is 441 g/mol. The molecule has 1 aliphatic carbocycles. The summed E-state index contributed by atoms with van der Waals surface area (Å²) in [6.07, 6.45) is 18.2. The van der Waals surface area contributed by atoms with Crippen molar-refractivity contribution in [3.05, 3.63) is 95.8 Å². The summed E-state index contributed by atoms with van der Waals surface area (Å²) in [6.45, 7) is 4.14. The number of allylic oxidation sites excluding steroid dienone is 4. The fraction of sp³-hybridized carbons (Fsp3) is 0.375. The van der Waals surface area contributed by atoms with E-state index in [4.69, 9.17) is 0 Å². The van der Waals surface area contributed by atoms with Crippen LogP contribution >= 0.6 is 0 Å². The van der Waals surface area contributed by atoms with E-state index >= 15 is 0 Å². The van der Waals surface area contributed by atoms with Crippen LogP contribution in [0.25, 0.3) is 21.9 Å². The van der Waals surface area contributed by atoms with Gasteiger partial charge in [0.05, 0.1) is 0 Å². The zero-order valence-corrected chi connectivity index (χ0v) is 20.2.